The van der Waals surface area contributed by atoms with Crippen molar-refractivity contribution in [2.45, 2.75) is 26.7 Å². The number of piperidine rings is 1. The van der Waals surface area contributed by atoms with E-state index < -0.39 is 0 Å². The lowest BCUT2D eigenvalue weighted by Gasteiger charge is -2.31. The summed E-state index contributed by atoms with van der Waals surface area (Å²) in [4.78, 5) is 2.35. The second kappa shape index (κ2) is 4.91. The van der Waals surface area contributed by atoms with Gasteiger partial charge in [-0.15, -0.1) is 0 Å². The van der Waals surface area contributed by atoms with Crippen LogP contribution >= 0.6 is 11.5 Å². The summed E-state index contributed by atoms with van der Waals surface area (Å²) in [7, 11) is 0. The van der Waals surface area contributed by atoms with Gasteiger partial charge in [0.05, 0.1) is 6.61 Å². The Morgan fingerprint density at radius 3 is 3.12 bits per heavy atom. The Morgan fingerprint density at radius 1 is 1.62 bits per heavy atom. The lowest BCUT2D eigenvalue weighted by atomic mass is 10.0. The molecule has 5 heteroatoms. The lowest BCUT2D eigenvalue weighted by Crippen LogP contribution is -2.33. The van der Waals surface area contributed by atoms with E-state index in [0.717, 1.165) is 29.8 Å². The molecular weight excluding hydrogens is 222 g/mol. The summed E-state index contributed by atoms with van der Waals surface area (Å²) < 4.78 is 9.77. The fourth-order valence-corrected chi connectivity index (χ4v) is 2.94. The van der Waals surface area contributed by atoms with Gasteiger partial charge in [0, 0.05) is 13.1 Å². The number of aromatic nitrogens is 1. The molecule has 0 spiro atoms. The van der Waals surface area contributed by atoms with Crippen LogP contribution in [0.4, 0.5) is 10.8 Å². The SMILES string of the molecule is CCOc1c(N)nsc1N1CCCC(C)C1. The molecule has 0 radical (unpaired) electrons. The van der Waals surface area contributed by atoms with Gasteiger partial charge in [-0.25, -0.2) is 0 Å². The van der Waals surface area contributed by atoms with Crippen LogP contribution in [-0.4, -0.2) is 24.1 Å². The lowest BCUT2D eigenvalue weighted by molar-refractivity contribution is 0.341. The van der Waals surface area contributed by atoms with Crippen LogP contribution in [0, 0.1) is 5.92 Å². The number of ether oxygens (including phenoxy) is 1. The van der Waals surface area contributed by atoms with Gasteiger partial charge in [0.15, 0.2) is 16.6 Å². The highest BCUT2D eigenvalue weighted by Crippen LogP contribution is 2.39. The van der Waals surface area contributed by atoms with E-state index in [-0.39, 0.29) is 0 Å². The zero-order valence-electron chi connectivity index (χ0n) is 9.90. The third kappa shape index (κ3) is 2.24. The maximum Gasteiger partial charge on any atom is 0.197 e. The number of hydrogen-bond donors (Lipinski definition) is 1. The molecule has 1 aromatic heterocycles. The summed E-state index contributed by atoms with van der Waals surface area (Å²) >= 11 is 1.45. The first-order chi connectivity index (χ1) is 7.72. The molecule has 16 heavy (non-hydrogen) atoms. The van der Waals surface area contributed by atoms with Crippen LogP contribution in [0.2, 0.25) is 0 Å². The van der Waals surface area contributed by atoms with Gasteiger partial charge in [0.1, 0.15) is 0 Å². The van der Waals surface area contributed by atoms with Crippen molar-refractivity contribution >= 4 is 22.4 Å². The van der Waals surface area contributed by atoms with Gasteiger partial charge in [-0.2, -0.15) is 4.37 Å². The Balaban J connectivity index is 2.18. The third-order valence-electron chi connectivity index (χ3n) is 2.89. The Hall–Kier alpha value is -0.970. The molecule has 0 aromatic carbocycles. The van der Waals surface area contributed by atoms with Gasteiger partial charge < -0.3 is 15.4 Å². The quantitative estimate of drug-likeness (QED) is 0.882. The van der Waals surface area contributed by atoms with Gasteiger partial charge in [0.25, 0.3) is 0 Å². The molecule has 2 rings (SSSR count). The molecule has 1 saturated heterocycles. The molecule has 1 fully saturated rings. The van der Waals surface area contributed by atoms with Gasteiger partial charge in [-0.3, -0.25) is 0 Å². The standard InChI is InChI=1S/C11H19N3OS/c1-3-15-9-10(12)13-16-11(9)14-6-4-5-8(2)7-14/h8H,3-7H2,1-2H3,(H2,12,13). The number of anilines is 2. The summed E-state index contributed by atoms with van der Waals surface area (Å²) in [5.41, 5.74) is 5.82. The minimum Gasteiger partial charge on any atom is -0.487 e. The summed E-state index contributed by atoms with van der Waals surface area (Å²) in [6, 6.07) is 0. The number of nitrogens with zero attached hydrogens (tertiary/aromatic N) is 2. The molecule has 1 aliphatic rings. The molecular formula is C11H19N3OS. The normalized spacial score (nSPS) is 21.1. The Bertz CT molecular complexity index is 353. The summed E-state index contributed by atoms with van der Waals surface area (Å²) in [5.74, 6) is 2.05. The summed E-state index contributed by atoms with van der Waals surface area (Å²) in [6.45, 7) is 7.07. The fraction of sp³-hybridized carbons (Fsp3) is 0.727. The molecule has 0 saturated carbocycles. The number of nitrogens with two attached hydrogens (primary N) is 1. The van der Waals surface area contributed by atoms with Crippen LogP contribution in [0.1, 0.15) is 26.7 Å². The van der Waals surface area contributed by atoms with Gasteiger partial charge in [-0.05, 0) is 37.2 Å². The maximum absolute atomic E-state index is 5.82. The Morgan fingerprint density at radius 2 is 2.44 bits per heavy atom. The van der Waals surface area contributed by atoms with Crippen molar-refractivity contribution in [2.75, 3.05) is 30.3 Å². The van der Waals surface area contributed by atoms with Gasteiger partial charge in [0.2, 0.25) is 0 Å². The van der Waals surface area contributed by atoms with Crippen LogP contribution in [0.5, 0.6) is 5.75 Å². The second-order valence-electron chi connectivity index (χ2n) is 4.33. The van der Waals surface area contributed by atoms with E-state index in [9.17, 15) is 0 Å². The van der Waals surface area contributed by atoms with Crippen LogP contribution < -0.4 is 15.4 Å². The van der Waals surface area contributed by atoms with E-state index >= 15 is 0 Å². The van der Waals surface area contributed by atoms with E-state index in [1.165, 1.54) is 24.4 Å². The molecule has 4 nitrogen and oxygen atoms in total. The topological polar surface area (TPSA) is 51.4 Å². The van der Waals surface area contributed by atoms with E-state index in [1.54, 1.807) is 0 Å². The molecule has 0 amide bonds. The van der Waals surface area contributed by atoms with E-state index in [1.807, 2.05) is 6.92 Å². The predicted octanol–water partition coefficient (Wildman–Crippen LogP) is 2.36. The van der Waals surface area contributed by atoms with E-state index in [4.69, 9.17) is 10.5 Å². The van der Waals surface area contributed by atoms with Gasteiger partial charge >= 0.3 is 0 Å². The highest BCUT2D eigenvalue weighted by atomic mass is 32.1. The van der Waals surface area contributed by atoms with Crippen LogP contribution in [0.15, 0.2) is 0 Å². The first-order valence-electron chi connectivity index (χ1n) is 5.85. The van der Waals surface area contributed by atoms with Crippen molar-refractivity contribution in [1.82, 2.24) is 4.37 Å². The van der Waals surface area contributed by atoms with Crippen LogP contribution in [0.3, 0.4) is 0 Å². The number of hydrogen-bond acceptors (Lipinski definition) is 5. The summed E-state index contributed by atoms with van der Waals surface area (Å²) in [5, 5.41) is 1.10. The minimum absolute atomic E-state index is 0.528. The van der Waals surface area contributed by atoms with Gasteiger partial charge in [-0.1, -0.05) is 6.92 Å². The van der Waals surface area contributed by atoms with Crippen LogP contribution in [0.25, 0.3) is 0 Å². The zero-order chi connectivity index (χ0) is 11.5. The Labute approximate surface area is 101 Å². The maximum atomic E-state index is 5.82. The third-order valence-corrected chi connectivity index (χ3v) is 3.79. The molecule has 2 heterocycles. The predicted molar refractivity (Wildman–Crippen MR) is 68.3 cm³/mol. The van der Waals surface area contributed by atoms with E-state index in [0.29, 0.717) is 12.4 Å². The van der Waals surface area contributed by atoms with Crippen molar-refractivity contribution in [1.29, 1.82) is 0 Å². The molecule has 2 N–H and O–H groups in total. The number of nitrogen functional groups attached to an aromatic ring is 1. The smallest absolute Gasteiger partial charge is 0.197 e. The first kappa shape index (κ1) is 11.5. The molecule has 0 aliphatic carbocycles. The highest BCUT2D eigenvalue weighted by molar-refractivity contribution is 7.11. The zero-order valence-corrected chi connectivity index (χ0v) is 10.7. The van der Waals surface area contributed by atoms with Crippen molar-refractivity contribution in [3.8, 4) is 5.75 Å². The molecule has 1 atom stereocenters. The molecule has 90 valence electrons. The van der Waals surface area contributed by atoms with Crippen molar-refractivity contribution in [2.24, 2.45) is 5.92 Å². The minimum atomic E-state index is 0.528. The van der Waals surface area contributed by atoms with Crippen molar-refractivity contribution < 1.29 is 4.74 Å². The Kier molecular flexibility index (Phi) is 3.53. The average Bonchev–Trinajstić information content (AvgIpc) is 2.61. The first-order valence-corrected chi connectivity index (χ1v) is 6.62. The average molecular weight is 241 g/mol. The van der Waals surface area contributed by atoms with Crippen molar-refractivity contribution in [3.05, 3.63) is 0 Å². The summed E-state index contributed by atoms with van der Waals surface area (Å²) in [6.07, 6.45) is 2.55. The number of rotatable bonds is 3. The second-order valence-corrected chi connectivity index (χ2v) is 5.08. The molecule has 1 aromatic rings. The molecule has 1 aliphatic heterocycles. The van der Waals surface area contributed by atoms with Crippen molar-refractivity contribution in [3.63, 3.8) is 0 Å². The molecule has 1 unspecified atom stereocenters. The monoisotopic (exact) mass is 241 g/mol. The highest BCUT2D eigenvalue weighted by Gasteiger charge is 2.23. The van der Waals surface area contributed by atoms with E-state index in [2.05, 4.69) is 16.2 Å². The molecule has 0 bridgehead atoms. The largest absolute Gasteiger partial charge is 0.487 e. The van der Waals surface area contributed by atoms with Crippen LogP contribution in [-0.2, 0) is 0 Å². The fourth-order valence-electron chi connectivity index (χ4n) is 2.14.